The van der Waals surface area contributed by atoms with E-state index in [1.807, 2.05) is 13.8 Å². The van der Waals surface area contributed by atoms with E-state index in [4.69, 9.17) is 0 Å². The van der Waals surface area contributed by atoms with Crippen molar-refractivity contribution in [3.05, 3.63) is 34.4 Å². The summed E-state index contributed by atoms with van der Waals surface area (Å²) in [6.45, 7) is 5.37. The number of amides is 1. The molecule has 1 amide bonds. The molecular formula is C18H23N3O4. The molecule has 0 saturated carbocycles. The summed E-state index contributed by atoms with van der Waals surface area (Å²) in [7, 11) is 0. The highest BCUT2D eigenvalue weighted by atomic mass is 16.4. The van der Waals surface area contributed by atoms with E-state index in [0.717, 1.165) is 12.8 Å². The number of rotatable bonds is 3. The first-order valence-corrected chi connectivity index (χ1v) is 8.58. The second kappa shape index (κ2) is 6.74. The van der Waals surface area contributed by atoms with Crippen LogP contribution in [-0.4, -0.2) is 43.8 Å². The number of likely N-dealkylation sites (tertiary alicyclic amines) is 1. The Morgan fingerprint density at radius 2 is 2.16 bits per heavy atom. The standard InChI is InChI=1S/C18H23N3O4/c1-11(2)16-19-15-6-5-13(22)8-14(15)17(23)21(16)10-12-4-3-7-20(9-12)18(24)25/h5-6,8,11-12,22H,3-4,7,9-10H2,1-2H3,(H,24,25)/t12-/m0/s1. The number of aromatic hydroxyl groups is 1. The molecule has 0 bridgehead atoms. The van der Waals surface area contributed by atoms with Crippen molar-refractivity contribution in [2.45, 2.75) is 39.2 Å². The highest BCUT2D eigenvalue weighted by Crippen LogP contribution is 2.22. The van der Waals surface area contributed by atoms with Gasteiger partial charge in [0.15, 0.2) is 0 Å². The molecule has 1 aliphatic rings. The maximum absolute atomic E-state index is 13.0. The van der Waals surface area contributed by atoms with Crippen molar-refractivity contribution in [3.63, 3.8) is 0 Å². The topological polar surface area (TPSA) is 95.7 Å². The molecule has 2 heterocycles. The first-order chi connectivity index (χ1) is 11.9. The molecule has 25 heavy (non-hydrogen) atoms. The third-order valence-electron chi connectivity index (χ3n) is 4.71. The third-order valence-corrected chi connectivity index (χ3v) is 4.71. The summed E-state index contributed by atoms with van der Waals surface area (Å²) in [6.07, 6.45) is 0.763. The Kier molecular flexibility index (Phi) is 4.65. The van der Waals surface area contributed by atoms with Gasteiger partial charge in [-0.2, -0.15) is 0 Å². The highest BCUT2D eigenvalue weighted by molar-refractivity contribution is 5.79. The number of carbonyl (C=O) groups is 1. The van der Waals surface area contributed by atoms with E-state index in [2.05, 4.69) is 4.98 Å². The van der Waals surface area contributed by atoms with Gasteiger partial charge in [-0.15, -0.1) is 0 Å². The lowest BCUT2D eigenvalue weighted by atomic mass is 9.97. The summed E-state index contributed by atoms with van der Waals surface area (Å²) in [4.78, 5) is 30.2. The molecule has 0 radical (unpaired) electrons. The Morgan fingerprint density at radius 1 is 1.40 bits per heavy atom. The van der Waals surface area contributed by atoms with E-state index in [0.29, 0.717) is 36.4 Å². The Hall–Kier alpha value is -2.57. The van der Waals surface area contributed by atoms with Crippen LogP contribution in [0.2, 0.25) is 0 Å². The average Bonchev–Trinajstić information content (AvgIpc) is 2.57. The number of nitrogens with zero attached hydrogens (tertiary/aromatic N) is 3. The van der Waals surface area contributed by atoms with Gasteiger partial charge in [-0.05, 0) is 37.0 Å². The number of hydrogen-bond donors (Lipinski definition) is 2. The van der Waals surface area contributed by atoms with Crippen LogP contribution < -0.4 is 5.56 Å². The predicted octanol–water partition coefficient (Wildman–Crippen LogP) is 2.62. The summed E-state index contributed by atoms with van der Waals surface area (Å²) in [6, 6.07) is 4.61. The first-order valence-electron chi connectivity index (χ1n) is 8.58. The van der Waals surface area contributed by atoms with Gasteiger partial charge in [0.2, 0.25) is 0 Å². The van der Waals surface area contributed by atoms with Crippen molar-refractivity contribution in [2.75, 3.05) is 13.1 Å². The lowest BCUT2D eigenvalue weighted by Crippen LogP contribution is -2.41. The van der Waals surface area contributed by atoms with Gasteiger partial charge >= 0.3 is 6.09 Å². The van der Waals surface area contributed by atoms with Crippen molar-refractivity contribution in [1.82, 2.24) is 14.5 Å². The molecule has 1 fully saturated rings. The fourth-order valence-electron chi connectivity index (χ4n) is 3.49. The van der Waals surface area contributed by atoms with Crippen molar-refractivity contribution >= 4 is 17.0 Å². The Bertz CT molecular complexity index is 859. The van der Waals surface area contributed by atoms with Gasteiger partial charge in [0.1, 0.15) is 11.6 Å². The Labute approximate surface area is 145 Å². The minimum absolute atomic E-state index is 0.0324. The second-order valence-corrected chi connectivity index (χ2v) is 6.98. The Morgan fingerprint density at radius 3 is 2.84 bits per heavy atom. The quantitative estimate of drug-likeness (QED) is 0.891. The molecule has 0 unspecified atom stereocenters. The SMILES string of the molecule is CC(C)c1nc2ccc(O)cc2c(=O)n1C[C@H]1CCCN(C(=O)O)C1. The van der Waals surface area contributed by atoms with Crippen LogP contribution >= 0.6 is 0 Å². The summed E-state index contributed by atoms with van der Waals surface area (Å²) < 4.78 is 1.66. The molecule has 2 N–H and O–H groups in total. The molecule has 1 atom stereocenters. The molecular weight excluding hydrogens is 322 g/mol. The van der Waals surface area contributed by atoms with Crippen molar-refractivity contribution in [3.8, 4) is 5.75 Å². The van der Waals surface area contributed by atoms with Crippen LogP contribution in [0.1, 0.15) is 38.4 Å². The number of carboxylic acid groups (broad SMARTS) is 1. The fraction of sp³-hybridized carbons (Fsp3) is 0.500. The smallest absolute Gasteiger partial charge is 0.407 e. The number of phenols is 1. The predicted molar refractivity (Wildman–Crippen MR) is 94.1 cm³/mol. The molecule has 1 aromatic carbocycles. The average molecular weight is 345 g/mol. The van der Waals surface area contributed by atoms with Gasteiger partial charge in [0.25, 0.3) is 5.56 Å². The lowest BCUT2D eigenvalue weighted by molar-refractivity contribution is 0.116. The van der Waals surface area contributed by atoms with Crippen LogP contribution in [0.4, 0.5) is 4.79 Å². The molecule has 7 heteroatoms. The van der Waals surface area contributed by atoms with Gasteiger partial charge in [0, 0.05) is 25.6 Å². The molecule has 1 aromatic heterocycles. The largest absolute Gasteiger partial charge is 0.508 e. The normalized spacial score (nSPS) is 18.0. The zero-order chi connectivity index (χ0) is 18.1. The van der Waals surface area contributed by atoms with Crippen molar-refractivity contribution in [2.24, 2.45) is 5.92 Å². The number of fused-ring (bicyclic) bond motifs is 1. The van der Waals surface area contributed by atoms with Crippen LogP contribution in [0, 0.1) is 5.92 Å². The molecule has 3 rings (SSSR count). The minimum atomic E-state index is -0.914. The Balaban J connectivity index is 2.02. The van der Waals surface area contributed by atoms with Crippen LogP contribution in [0.25, 0.3) is 10.9 Å². The van der Waals surface area contributed by atoms with E-state index in [-0.39, 0.29) is 23.1 Å². The second-order valence-electron chi connectivity index (χ2n) is 6.98. The molecule has 0 aliphatic carbocycles. The lowest BCUT2D eigenvalue weighted by Gasteiger charge is -2.31. The molecule has 7 nitrogen and oxygen atoms in total. The number of aromatic nitrogens is 2. The number of piperidine rings is 1. The summed E-state index contributed by atoms with van der Waals surface area (Å²) in [5.41, 5.74) is 0.385. The third kappa shape index (κ3) is 3.45. The summed E-state index contributed by atoms with van der Waals surface area (Å²) in [5.74, 6) is 0.863. The van der Waals surface area contributed by atoms with Gasteiger partial charge in [-0.1, -0.05) is 13.8 Å². The van der Waals surface area contributed by atoms with E-state index >= 15 is 0 Å². The monoisotopic (exact) mass is 345 g/mol. The fourth-order valence-corrected chi connectivity index (χ4v) is 3.49. The van der Waals surface area contributed by atoms with Crippen molar-refractivity contribution in [1.29, 1.82) is 0 Å². The molecule has 0 spiro atoms. The van der Waals surface area contributed by atoms with Gasteiger partial charge in [0.05, 0.1) is 10.9 Å². The zero-order valence-corrected chi connectivity index (χ0v) is 14.5. The number of phenolic OH excluding ortho intramolecular Hbond substituents is 1. The van der Waals surface area contributed by atoms with Gasteiger partial charge in [-0.3, -0.25) is 9.36 Å². The van der Waals surface area contributed by atoms with Crippen LogP contribution in [-0.2, 0) is 6.54 Å². The van der Waals surface area contributed by atoms with Crippen LogP contribution in [0.15, 0.2) is 23.0 Å². The number of benzene rings is 1. The zero-order valence-electron chi connectivity index (χ0n) is 14.5. The summed E-state index contributed by atoms with van der Waals surface area (Å²) in [5, 5.41) is 19.3. The van der Waals surface area contributed by atoms with Crippen molar-refractivity contribution < 1.29 is 15.0 Å². The molecule has 1 aliphatic heterocycles. The van der Waals surface area contributed by atoms with E-state index in [1.54, 1.807) is 10.6 Å². The molecule has 134 valence electrons. The first kappa shape index (κ1) is 17.3. The van der Waals surface area contributed by atoms with E-state index < -0.39 is 6.09 Å². The van der Waals surface area contributed by atoms with Gasteiger partial charge < -0.3 is 15.1 Å². The van der Waals surface area contributed by atoms with E-state index in [9.17, 15) is 19.8 Å². The summed E-state index contributed by atoms with van der Waals surface area (Å²) >= 11 is 0. The minimum Gasteiger partial charge on any atom is -0.508 e. The number of hydrogen-bond acceptors (Lipinski definition) is 4. The maximum atomic E-state index is 13.0. The van der Waals surface area contributed by atoms with Crippen LogP contribution in [0.5, 0.6) is 5.75 Å². The maximum Gasteiger partial charge on any atom is 0.407 e. The van der Waals surface area contributed by atoms with Gasteiger partial charge in [-0.25, -0.2) is 9.78 Å². The molecule has 1 saturated heterocycles. The van der Waals surface area contributed by atoms with E-state index in [1.165, 1.54) is 17.0 Å². The molecule has 2 aromatic rings. The van der Waals surface area contributed by atoms with Crippen LogP contribution in [0.3, 0.4) is 0 Å². The highest BCUT2D eigenvalue weighted by Gasteiger charge is 2.25.